The van der Waals surface area contributed by atoms with E-state index in [0.29, 0.717) is 5.46 Å². The summed E-state index contributed by atoms with van der Waals surface area (Å²) < 4.78 is 71.3. The van der Waals surface area contributed by atoms with Crippen molar-refractivity contribution in [1.82, 2.24) is 4.90 Å². The molecule has 0 spiro atoms. The Morgan fingerprint density at radius 1 is 1.20 bits per heavy atom. The second-order valence-electron chi connectivity index (χ2n) is 8.80. The lowest BCUT2D eigenvalue weighted by molar-refractivity contribution is -0.184. The predicted molar refractivity (Wildman–Crippen MR) is 103 cm³/mol. The number of ether oxygens (including phenoxy) is 1. The number of benzene rings is 1. The van der Waals surface area contributed by atoms with Gasteiger partial charge in [-0.05, 0) is 58.1 Å². The summed E-state index contributed by atoms with van der Waals surface area (Å²) in [5, 5.41) is 0. The van der Waals surface area contributed by atoms with E-state index in [1.807, 2.05) is 27.7 Å². The number of methoxy groups -OCH3 is 1. The first-order valence-corrected chi connectivity index (χ1v) is 9.86. The third-order valence-electron chi connectivity index (χ3n) is 6.21. The monoisotopic (exact) mass is 431 g/mol. The van der Waals surface area contributed by atoms with E-state index in [2.05, 4.69) is 0 Å². The van der Waals surface area contributed by atoms with Crippen LogP contribution in [-0.2, 0) is 9.31 Å². The number of carbonyl (C=O) groups excluding carboxylic acids is 1. The van der Waals surface area contributed by atoms with Crippen LogP contribution in [0.5, 0.6) is 5.75 Å². The average Bonchev–Trinajstić information content (AvgIpc) is 2.87. The van der Waals surface area contributed by atoms with Crippen LogP contribution in [0.4, 0.5) is 17.6 Å². The molecule has 1 unspecified atom stereocenters. The largest absolute Gasteiger partial charge is 0.496 e. The zero-order chi connectivity index (χ0) is 22.5. The molecule has 0 N–H and O–H groups in total. The van der Waals surface area contributed by atoms with Crippen molar-refractivity contribution in [2.45, 2.75) is 57.9 Å². The number of piperidine rings is 1. The van der Waals surface area contributed by atoms with Gasteiger partial charge in [0.25, 0.3) is 5.91 Å². The summed E-state index contributed by atoms with van der Waals surface area (Å²) in [5.74, 6) is -3.40. The molecule has 1 amide bonds. The maximum atomic E-state index is 15.0. The summed E-state index contributed by atoms with van der Waals surface area (Å²) in [6.45, 7) is 7.05. The Labute approximate surface area is 173 Å². The van der Waals surface area contributed by atoms with Gasteiger partial charge in [-0.2, -0.15) is 13.2 Å². The Morgan fingerprint density at radius 2 is 1.80 bits per heavy atom. The fourth-order valence-corrected chi connectivity index (χ4v) is 3.67. The van der Waals surface area contributed by atoms with E-state index in [0.717, 1.165) is 11.0 Å². The van der Waals surface area contributed by atoms with Gasteiger partial charge < -0.3 is 18.9 Å². The van der Waals surface area contributed by atoms with Gasteiger partial charge in [-0.3, -0.25) is 4.79 Å². The molecular weight excluding hydrogens is 405 g/mol. The van der Waals surface area contributed by atoms with E-state index >= 15 is 4.39 Å². The third kappa shape index (κ3) is 4.16. The molecule has 0 radical (unpaired) electrons. The van der Waals surface area contributed by atoms with Gasteiger partial charge in [-0.1, -0.05) is 0 Å². The first-order chi connectivity index (χ1) is 13.8. The van der Waals surface area contributed by atoms with Crippen LogP contribution in [0.3, 0.4) is 0 Å². The standard InChI is InChI=1S/C20H26BF4NO4/c1-18(2)19(3,4)30-21(29-18)13-9-14(22)16(15(10-13)28-5)17(27)26-8-6-7-12(11-26)20(23,24)25/h9-10,12H,6-8,11H2,1-5H3. The minimum atomic E-state index is -4.40. The second-order valence-corrected chi connectivity index (χ2v) is 8.80. The second kappa shape index (κ2) is 7.71. The molecule has 5 nitrogen and oxygen atoms in total. The van der Waals surface area contributed by atoms with E-state index in [-0.39, 0.29) is 30.7 Å². The lowest BCUT2D eigenvalue weighted by Gasteiger charge is -2.34. The van der Waals surface area contributed by atoms with Crippen LogP contribution < -0.4 is 10.2 Å². The molecule has 2 aliphatic rings. The van der Waals surface area contributed by atoms with Crippen LogP contribution in [0.25, 0.3) is 0 Å². The van der Waals surface area contributed by atoms with Gasteiger partial charge in [0.15, 0.2) is 0 Å². The van der Waals surface area contributed by atoms with Crippen molar-refractivity contribution in [2.24, 2.45) is 5.92 Å². The van der Waals surface area contributed by atoms with Gasteiger partial charge in [0.2, 0.25) is 0 Å². The number of halogens is 4. The van der Waals surface area contributed by atoms with Crippen molar-refractivity contribution >= 4 is 18.5 Å². The third-order valence-corrected chi connectivity index (χ3v) is 6.21. The van der Waals surface area contributed by atoms with Gasteiger partial charge in [0.1, 0.15) is 17.1 Å². The van der Waals surface area contributed by atoms with Crippen LogP contribution in [0, 0.1) is 11.7 Å². The first-order valence-electron chi connectivity index (χ1n) is 9.86. The molecule has 0 bridgehead atoms. The van der Waals surface area contributed by atoms with Crippen LogP contribution in [0.1, 0.15) is 50.9 Å². The Kier molecular flexibility index (Phi) is 5.88. The molecule has 1 aromatic rings. The molecule has 2 saturated heterocycles. The number of hydrogen-bond donors (Lipinski definition) is 0. The summed E-state index contributed by atoms with van der Waals surface area (Å²) in [7, 11) is 0.404. The van der Waals surface area contributed by atoms with Gasteiger partial charge in [0, 0.05) is 13.1 Å². The highest BCUT2D eigenvalue weighted by Crippen LogP contribution is 2.37. The molecule has 2 aliphatic heterocycles. The van der Waals surface area contributed by atoms with Crippen molar-refractivity contribution < 1.29 is 36.4 Å². The molecule has 0 aliphatic carbocycles. The number of rotatable bonds is 3. The highest BCUT2D eigenvalue weighted by atomic mass is 19.4. The molecule has 2 fully saturated rings. The number of hydrogen-bond acceptors (Lipinski definition) is 4. The molecule has 3 rings (SSSR count). The predicted octanol–water partition coefficient (Wildman–Crippen LogP) is 3.55. The van der Waals surface area contributed by atoms with Gasteiger partial charge in [-0.15, -0.1) is 0 Å². The van der Waals surface area contributed by atoms with Crippen LogP contribution in [-0.4, -0.2) is 55.5 Å². The van der Waals surface area contributed by atoms with Crippen molar-refractivity contribution in [3.8, 4) is 5.75 Å². The lowest BCUT2D eigenvalue weighted by atomic mass is 9.78. The van der Waals surface area contributed by atoms with E-state index in [1.165, 1.54) is 13.2 Å². The highest BCUT2D eigenvalue weighted by Gasteiger charge is 2.52. The van der Waals surface area contributed by atoms with Crippen molar-refractivity contribution in [1.29, 1.82) is 0 Å². The van der Waals surface area contributed by atoms with Gasteiger partial charge in [0.05, 0.1) is 24.2 Å². The zero-order valence-corrected chi connectivity index (χ0v) is 17.7. The maximum Gasteiger partial charge on any atom is 0.495 e. The van der Waals surface area contributed by atoms with Crippen molar-refractivity contribution in [2.75, 3.05) is 20.2 Å². The molecule has 0 saturated carbocycles. The first kappa shape index (κ1) is 22.9. The van der Waals surface area contributed by atoms with Gasteiger partial charge >= 0.3 is 13.3 Å². The summed E-state index contributed by atoms with van der Waals surface area (Å²) in [6, 6.07) is 2.55. The summed E-state index contributed by atoms with van der Waals surface area (Å²) in [5.41, 5.74) is -1.35. The van der Waals surface area contributed by atoms with E-state index in [4.69, 9.17) is 14.0 Å². The molecule has 0 aromatic heterocycles. The molecule has 30 heavy (non-hydrogen) atoms. The normalized spacial score (nSPS) is 23.6. The van der Waals surface area contributed by atoms with Crippen molar-refractivity contribution in [3.05, 3.63) is 23.5 Å². The molecule has 166 valence electrons. The maximum absolute atomic E-state index is 15.0. The van der Waals surface area contributed by atoms with Crippen LogP contribution >= 0.6 is 0 Å². The van der Waals surface area contributed by atoms with E-state index in [1.54, 1.807) is 0 Å². The minimum Gasteiger partial charge on any atom is -0.496 e. The summed E-state index contributed by atoms with van der Waals surface area (Å²) in [4.78, 5) is 13.9. The minimum absolute atomic E-state index is 0.0479. The number of alkyl halides is 3. The Balaban J connectivity index is 1.89. The zero-order valence-electron chi connectivity index (χ0n) is 17.7. The molecule has 1 atom stereocenters. The Bertz CT molecular complexity index is 812. The van der Waals surface area contributed by atoms with Crippen molar-refractivity contribution in [3.63, 3.8) is 0 Å². The van der Waals surface area contributed by atoms with Crippen LogP contribution in [0.2, 0.25) is 0 Å². The van der Waals surface area contributed by atoms with Crippen LogP contribution in [0.15, 0.2) is 12.1 Å². The molecular formula is C20H26BF4NO4. The number of amides is 1. The van der Waals surface area contributed by atoms with E-state index in [9.17, 15) is 18.0 Å². The quantitative estimate of drug-likeness (QED) is 0.543. The average molecular weight is 431 g/mol. The van der Waals surface area contributed by atoms with Gasteiger partial charge in [-0.25, -0.2) is 4.39 Å². The Morgan fingerprint density at radius 3 is 2.33 bits per heavy atom. The topological polar surface area (TPSA) is 48.0 Å². The highest BCUT2D eigenvalue weighted by molar-refractivity contribution is 6.62. The molecule has 1 aromatic carbocycles. The lowest BCUT2D eigenvalue weighted by Crippen LogP contribution is -2.45. The number of carbonyl (C=O) groups is 1. The summed E-state index contributed by atoms with van der Waals surface area (Å²) in [6.07, 6.45) is -4.25. The number of nitrogens with zero attached hydrogens (tertiary/aromatic N) is 1. The fraction of sp³-hybridized carbons (Fsp3) is 0.650. The van der Waals surface area contributed by atoms with E-state index < -0.39 is 48.7 Å². The smallest absolute Gasteiger partial charge is 0.495 e. The fourth-order valence-electron chi connectivity index (χ4n) is 3.67. The molecule has 2 heterocycles. The number of likely N-dealkylation sites (tertiary alicyclic amines) is 1. The SMILES string of the molecule is COc1cc(B2OC(C)(C)C(C)(C)O2)cc(F)c1C(=O)N1CCCC(C(F)(F)F)C1. The Hall–Kier alpha value is -1.81. The summed E-state index contributed by atoms with van der Waals surface area (Å²) >= 11 is 0. The molecule has 10 heteroatoms.